The molecule has 1 atom stereocenters. The number of likely N-dealkylation sites (tertiary alicyclic amines) is 1. The molecule has 26 heavy (non-hydrogen) atoms. The van der Waals surface area contributed by atoms with Crippen molar-refractivity contribution in [2.75, 3.05) is 13.1 Å². The summed E-state index contributed by atoms with van der Waals surface area (Å²) in [5.41, 5.74) is 6.01. The average Bonchev–Trinajstić information content (AvgIpc) is 2.92. The number of hydrazone groups is 1. The maximum absolute atomic E-state index is 11.5. The first-order chi connectivity index (χ1) is 12.6. The van der Waals surface area contributed by atoms with E-state index in [1.54, 1.807) is 0 Å². The number of ether oxygens (including phenoxy) is 1. The van der Waals surface area contributed by atoms with Crippen LogP contribution in [0.3, 0.4) is 0 Å². The van der Waals surface area contributed by atoms with Gasteiger partial charge in [0, 0.05) is 50.7 Å². The Morgan fingerprint density at radius 2 is 2.08 bits per heavy atom. The Hall–Kier alpha value is -1.88. The molecule has 1 saturated heterocycles. The van der Waals surface area contributed by atoms with E-state index in [9.17, 15) is 4.79 Å². The summed E-state index contributed by atoms with van der Waals surface area (Å²) >= 11 is 0. The number of nitrogens with zero attached hydrogens (tertiary/aromatic N) is 2. The van der Waals surface area contributed by atoms with Gasteiger partial charge in [-0.25, -0.2) is 5.43 Å². The summed E-state index contributed by atoms with van der Waals surface area (Å²) in [6.45, 7) is 4.40. The van der Waals surface area contributed by atoms with Crippen molar-refractivity contribution in [3.05, 3.63) is 29.3 Å². The third-order valence-electron chi connectivity index (χ3n) is 6.76. The van der Waals surface area contributed by atoms with Crippen molar-refractivity contribution in [1.82, 2.24) is 10.3 Å². The zero-order valence-electron chi connectivity index (χ0n) is 15.5. The molecular weight excluding hydrogens is 326 g/mol. The Kier molecular flexibility index (Phi) is 3.82. The van der Waals surface area contributed by atoms with Crippen LogP contribution in [-0.2, 0) is 11.2 Å². The first-order valence-electron chi connectivity index (χ1n) is 10.0. The second-order valence-corrected chi connectivity index (χ2v) is 8.54. The van der Waals surface area contributed by atoms with Crippen LogP contribution in [0.5, 0.6) is 5.75 Å². The van der Waals surface area contributed by atoms with Crippen molar-refractivity contribution in [3.8, 4) is 5.75 Å². The van der Waals surface area contributed by atoms with Crippen LogP contribution >= 0.6 is 0 Å². The molecule has 3 aliphatic heterocycles. The Morgan fingerprint density at radius 3 is 2.77 bits per heavy atom. The van der Waals surface area contributed by atoms with E-state index in [-0.39, 0.29) is 17.4 Å². The molecule has 1 saturated carbocycles. The highest BCUT2D eigenvalue weighted by atomic mass is 16.5. The van der Waals surface area contributed by atoms with Crippen molar-refractivity contribution in [2.45, 2.75) is 63.5 Å². The minimum Gasteiger partial charge on any atom is -0.487 e. The van der Waals surface area contributed by atoms with Gasteiger partial charge >= 0.3 is 0 Å². The lowest BCUT2D eigenvalue weighted by Crippen LogP contribution is -2.52. The van der Waals surface area contributed by atoms with Gasteiger partial charge in [0.1, 0.15) is 11.4 Å². The van der Waals surface area contributed by atoms with Crippen LogP contribution in [-0.4, -0.2) is 41.3 Å². The van der Waals surface area contributed by atoms with Crippen molar-refractivity contribution in [3.63, 3.8) is 0 Å². The summed E-state index contributed by atoms with van der Waals surface area (Å²) in [5.74, 6) is 1.20. The molecule has 1 N–H and O–H groups in total. The normalized spacial score (nSPS) is 28.1. The summed E-state index contributed by atoms with van der Waals surface area (Å²) in [7, 11) is 0. The molecule has 3 heterocycles. The second kappa shape index (κ2) is 6.08. The number of hydrogen-bond acceptors (Lipinski definition) is 4. The molecule has 1 aliphatic carbocycles. The molecule has 0 aromatic heterocycles. The number of carbonyl (C=O) groups excluding carboxylic acids is 1. The predicted molar refractivity (Wildman–Crippen MR) is 100 cm³/mol. The fourth-order valence-electron chi connectivity index (χ4n) is 4.92. The Balaban J connectivity index is 1.32. The molecule has 1 aromatic carbocycles. The molecule has 5 heteroatoms. The molecule has 1 spiro atoms. The number of benzene rings is 1. The van der Waals surface area contributed by atoms with E-state index >= 15 is 0 Å². The number of piperidine rings is 1. The summed E-state index contributed by atoms with van der Waals surface area (Å²) in [6, 6.07) is 7.26. The fourth-order valence-corrected chi connectivity index (χ4v) is 4.92. The van der Waals surface area contributed by atoms with Crippen LogP contribution in [0.2, 0.25) is 0 Å². The van der Waals surface area contributed by atoms with Gasteiger partial charge in [-0.15, -0.1) is 0 Å². The first-order valence-corrected chi connectivity index (χ1v) is 10.0. The van der Waals surface area contributed by atoms with E-state index in [1.807, 2.05) is 0 Å². The minimum atomic E-state index is -0.00455. The standard InChI is InChI=1S/C21H27N3O2/c1-14-11-19(25)22-23-20(14)15-5-6-18-16(12-15)13-21(26-18)7-9-24(10-8-21)17-3-2-4-17/h5-6,12,14,17H,2-4,7-11,13H2,1H3,(H,22,25). The fraction of sp³-hybridized carbons (Fsp3) is 0.619. The third-order valence-corrected chi connectivity index (χ3v) is 6.76. The highest BCUT2D eigenvalue weighted by Gasteiger charge is 2.43. The molecule has 1 aromatic rings. The summed E-state index contributed by atoms with van der Waals surface area (Å²) in [4.78, 5) is 14.2. The first kappa shape index (κ1) is 16.3. The van der Waals surface area contributed by atoms with Gasteiger partial charge < -0.3 is 9.64 Å². The quantitative estimate of drug-likeness (QED) is 0.889. The SMILES string of the molecule is CC1CC(=O)NN=C1c1ccc2c(c1)CC1(CCN(C3CCC3)CC1)O2. The highest BCUT2D eigenvalue weighted by molar-refractivity contribution is 6.05. The molecule has 138 valence electrons. The van der Waals surface area contributed by atoms with Crippen LogP contribution in [0, 0.1) is 5.92 Å². The van der Waals surface area contributed by atoms with Gasteiger partial charge in [0.15, 0.2) is 0 Å². The highest BCUT2D eigenvalue weighted by Crippen LogP contribution is 2.42. The van der Waals surface area contributed by atoms with E-state index in [1.165, 1.54) is 37.9 Å². The molecule has 1 amide bonds. The summed E-state index contributed by atoms with van der Waals surface area (Å²) < 4.78 is 6.47. The van der Waals surface area contributed by atoms with Gasteiger partial charge in [-0.2, -0.15) is 5.10 Å². The van der Waals surface area contributed by atoms with Gasteiger partial charge in [-0.05, 0) is 42.2 Å². The maximum atomic E-state index is 11.5. The zero-order chi connectivity index (χ0) is 17.7. The minimum absolute atomic E-state index is 0.00270. The molecular formula is C21H27N3O2. The second-order valence-electron chi connectivity index (χ2n) is 8.54. The van der Waals surface area contributed by atoms with Crippen molar-refractivity contribution >= 4 is 11.6 Å². The number of amides is 1. The predicted octanol–water partition coefficient (Wildman–Crippen LogP) is 2.87. The summed E-state index contributed by atoms with van der Waals surface area (Å²) in [5, 5.41) is 4.31. The van der Waals surface area contributed by atoms with Crippen molar-refractivity contribution in [1.29, 1.82) is 0 Å². The Bertz CT molecular complexity index is 761. The van der Waals surface area contributed by atoms with Crippen LogP contribution in [0.25, 0.3) is 0 Å². The van der Waals surface area contributed by atoms with Gasteiger partial charge in [0.2, 0.25) is 5.91 Å². The van der Waals surface area contributed by atoms with Crippen LogP contribution in [0.15, 0.2) is 23.3 Å². The van der Waals surface area contributed by atoms with Crippen LogP contribution in [0.1, 0.15) is 56.6 Å². The molecule has 4 aliphatic rings. The van der Waals surface area contributed by atoms with E-state index in [4.69, 9.17) is 4.74 Å². The lowest BCUT2D eigenvalue weighted by atomic mass is 9.83. The average molecular weight is 353 g/mol. The topological polar surface area (TPSA) is 53.9 Å². The zero-order valence-corrected chi connectivity index (χ0v) is 15.5. The number of carbonyl (C=O) groups is 1. The summed E-state index contributed by atoms with van der Waals surface area (Å²) in [6.07, 6.45) is 7.93. The van der Waals surface area contributed by atoms with E-state index in [2.05, 4.69) is 40.5 Å². The number of nitrogens with one attached hydrogen (secondary N) is 1. The van der Waals surface area contributed by atoms with E-state index < -0.39 is 0 Å². The van der Waals surface area contributed by atoms with Gasteiger partial charge in [0.25, 0.3) is 0 Å². The number of fused-ring (bicyclic) bond motifs is 1. The molecule has 0 radical (unpaired) electrons. The molecule has 5 nitrogen and oxygen atoms in total. The van der Waals surface area contributed by atoms with Gasteiger partial charge in [0.05, 0.1) is 5.71 Å². The number of hydrogen-bond donors (Lipinski definition) is 1. The molecule has 0 bridgehead atoms. The largest absolute Gasteiger partial charge is 0.487 e. The van der Waals surface area contributed by atoms with Crippen LogP contribution < -0.4 is 10.2 Å². The maximum Gasteiger partial charge on any atom is 0.240 e. The van der Waals surface area contributed by atoms with Gasteiger partial charge in [-0.1, -0.05) is 13.3 Å². The van der Waals surface area contributed by atoms with Crippen LogP contribution in [0.4, 0.5) is 0 Å². The van der Waals surface area contributed by atoms with E-state index in [0.29, 0.717) is 6.42 Å². The van der Waals surface area contributed by atoms with E-state index in [0.717, 1.165) is 42.3 Å². The molecule has 2 fully saturated rings. The third kappa shape index (κ3) is 2.73. The number of rotatable bonds is 2. The monoisotopic (exact) mass is 353 g/mol. The van der Waals surface area contributed by atoms with Crippen molar-refractivity contribution in [2.24, 2.45) is 11.0 Å². The van der Waals surface area contributed by atoms with Crippen molar-refractivity contribution < 1.29 is 9.53 Å². The smallest absolute Gasteiger partial charge is 0.240 e. The lowest BCUT2D eigenvalue weighted by molar-refractivity contribution is -0.121. The lowest BCUT2D eigenvalue weighted by Gasteiger charge is -2.45. The molecule has 5 rings (SSSR count). The Labute approximate surface area is 154 Å². The van der Waals surface area contributed by atoms with Gasteiger partial charge in [-0.3, -0.25) is 4.79 Å². The molecule has 1 unspecified atom stereocenters. The Morgan fingerprint density at radius 1 is 1.27 bits per heavy atom.